The van der Waals surface area contributed by atoms with E-state index in [1.165, 1.54) is 11.1 Å². The number of fused-ring (bicyclic) bond motifs is 7. The third kappa shape index (κ3) is 9.14. The minimum Gasteiger partial charge on any atom is -0.510 e. The van der Waals surface area contributed by atoms with Crippen molar-refractivity contribution in [1.29, 1.82) is 0 Å². The minimum atomic E-state index is -0.525. The van der Waals surface area contributed by atoms with Crippen molar-refractivity contribution in [3.8, 4) is 56.6 Å². The molecular weight excluding hydrogens is 1160 g/mol. The Hall–Kier alpha value is -8.31. The molecule has 0 aliphatic rings. The molecule has 80 heavy (non-hydrogen) atoms. The van der Waals surface area contributed by atoms with Crippen molar-refractivity contribution < 1.29 is 41.3 Å². The predicted octanol–water partition coefficient (Wildman–Crippen LogP) is 18.4. The predicted molar refractivity (Wildman–Crippen MR) is 326 cm³/mol. The van der Waals surface area contributed by atoms with E-state index in [1.54, 1.807) is 22.9 Å². The van der Waals surface area contributed by atoms with E-state index in [4.69, 9.17) is 15.2 Å². The van der Waals surface area contributed by atoms with E-state index in [9.17, 15) is 5.48 Å². The fraction of sp³-hybridized carbons (Fsp3) is 0.178. The molecule has 0 radical (unpaired) electrons. The van der Waals surface area contributed by atoms with E-state index in [0.717, 1.165) is 55.4 Å². The summed E-state index contributed by atoms with van der Waals surface area (Å²) in [6.45, 7) is 20.1. The second kappa shape index (κ2) is 20.4. The first-order chi connectivity index (χ1) is 41.5. The molecule has 0 N–H and O–H groups in total. The van der Waals surface area contributed by atoms with Gasteiger partial charge in [-0.05, 0) is 109 Å². The van der Waals surface area contributed by atoms with Gasteiger partial charge in [-0.2, -0.15) is 12.1 Å². The largest absolute Gasteiger partial charge is 0.510 e. The van der Waals surface area contributed by atoms with Crippen LogP contribution in [0.25, 0.3) is 99.8 Å². The van der Waals surface area contributed by atoms with Crippen LogP contribution < -0.4 is 9.30 Å². The maximum Gasteiger partial charge on any atom is 0.268 e. The number of rotatable bonds is 10. The number of para-hydroxylation sites is 6. The minimum absolute atomic E-state index is 0. The molecule has 0 fully saturated rings. The summed E-state index contributed by atoms with van der Waals surface area (Å²) < 4.78 is 88.0. The molecule has 7 heteroatoms. The monoisotopic (exact) mass is 1230 g/mol. The maximum absolute atomic E-state index is 9.54. The molecule has 13 aromatic rings. The molecule has 1 atom stereocenters. The van der Waals surface area contributed by atoms with Crippen LogP contribution in [0, 0.1) is 24.4 Å². The number of pyridine rings is 1. The smallest absolute Gasteiger partial charge is 0.268 e. The van der Waals surface area contributed by atoms with E-state index in [1.807, 2.05) is 69.8 Å². The van der Waals surface area contributed by atoms with Crippen LogP contribution >= 0.6 is 0 Å². The van der Waals surface area contributed by atoms with E-state index >= 15 is 0 Å². The van der Waals surface area contributed by atoms with Gasteiger partial charge < -0.3 is 18.4 Å². The molecule has 6 nitrogen and oxygen atoms in total. The summed E-state index contributed by atoms with van der Waals surface area (Å²) in [7, 11) is 0. The topological polar surface area (TPSA) is 40.8 Å². The van der Waals surface area contributed by atoms with Gasteiger partial charge in [-0.3, -0.25) is 4.57 Å². The van der Waals surface area contributed by atoms with E-state index in [-0.39, 0.29) is 65.4 Å². The molecule has 4 heterocycles. The van der Waals surface area contributed by atoms with Crippen LogP contribution in [0.1, 0.15) is 95.9 Å². The van der Waals surface area contributed by atoms with Crippen LogP contribution in [0.5, 0.6) is 11.5 Å². The van der Waals surface area contributed by atoms with Crippen LogP contribution in [-0.2, 0) is 31.9 Å². The Morgan fingerprint density at radius 3 is 1.88 bits per heavy atom. The van der Waals surface area contributed by atoms with Crippen molar-refractivity contribution >= 4 is 54.6 Å². The Bertz CT molecular complexity index is 4870. The molecule has 398 valence electrons. The molecular formula is C73H63N5OPt-2. The third-order valence-electron chi connectivity index (χ3n) is 15.5. The van der Waals surface area contributed by atoms with Crippen LogP contribution in [0.3, 0.4) is 0 Å². The summed E-state index contributed by atoms with van der Waals surface area (Å²) in [6.07, 6.45) is 5.60. The van der Waals surface area contributed by atoms with Crippen LogP contribution in [0.2, 0.25) is 0 Å². The second-order valence-electron chi connectivity index (χ2n) is 23.0. The van der Waals surface area contributed by atoms with E-state index < -0.39 is 48.3 Å². The van der Waals surface area contributed by atoms with Crippen LogP contribution in [0.15, 0.2) is 206 Å². The van der Waals surface area contributed by atoms with Gasteiger partial charge in [-0.25, -0.2) is 4.98 Å². The Labute approximate surface area is 495 Å². The van der Waals surface area contributed by atoms with E-state index in [0.29, 0.717) is 39.8 Å². The number of imidazole rings is 1. The Morgan fingerprint density at radius 2 is 1.19 bits per heavy atom. The number of hydrogen-bond acceptors (Lipinski definition) is 2. The number of hydrogen-bond donors (Lipinski definition) is 0. The molecule has 0 aliphatic heterocycles. The number of aromatic nitrogens is 5. The Balaban J connectivity index is 0.00000754. The summed E-state index contributed by atoms with van der Waals surface area (Å²) in [5, 5.41) is 1.24. The van der Waals surface area contributed by atoms with Crippen molar-refractivity contribution in [3.05, 3.63) is 241 Å². The van der Waals surface area contributed by atoms with Crippen LogP contribution in [0.4, 0.5) is 0 Å². The van der Waals surface area contributed by atoms with Gasteiger partial charge in [0.1, 0.15) is 5.82 Å². The van der Waals surface area contributed by atoms with Gasteiger partial charge in [-0.15, -0.1) is 24.3 Å². The maximum atomic E-state index is 9.54. The van der Waals surface area contributed by atoms with Crippen molar-refractivity contribution in [2.75, 3.05) is 0 Å². The fourth-order valence-electron chi connectivity index (χ4n) is 11.0. The standard InChI is InChI=1S/C73H63N5O.Pt/c1-47(2)48(3)50-37-38-74-69(41-50)78-64-34-18-15-29-61(64)70-67(77-62-32-16-13-27-59(62)60-28-14-17-33-63(60)77)44-56(45-68(70)78)79-55-26-21-25-54(43-55)75-46-76(66-36-20-19-35-65(66)75)71-57(49-23-11-10-12-24-49)30-22-31-58(71)51-39-52(72(4,5)6)42-53(40-51)73(7,8)9;/h10-42,44,47-48H,1-9H3;/q-2;/i13D,14D,16D,17D,27D,28D,32D,33D;. The molecule has 0 aliphatic carbocycles. The zero-order valence-corrected chi connectivity index (χ0v) is 48.4. The van der Waals surface area contributed by atoms with Gasteiger partial charge >= 0.3 is 0 Å². The molecule has 4 aromatic heterocycles. The third-order valence-corrected chi connectivity index (χ3v) is 15.5. The Morgan fingerprint density at radius 1 is 0.562 bits per heavy atom. The summed E-state index contributed by atoms with van der Waals surface area (Å²) in [6, 6.07) is 54.9. The van der Waals surface area contributed by atoms with Gasteiger partial charge in [0.2, 0.25) is 0 Å². The summed E-state index contributed by atoms with van der Waals surface area (Å²) >= 11 is 0. The second-order valence-corrected chi connectivity index (χ2v) is 23.0. The fourth-order valence-corrected chi connectivity index (χ4v) is 11.0. The average molecular weight is 1230 g/mol. The average Bonchev–Trinajstić information content (AvgIpc) is 1.54. The molecule has 0 saturated heterocycles. The van der Waals surface area contributed by atoms with Gasteiger partial charge in [0.05, 0.1) is 38.7 Å². The zero-order chi connectivity index (χ0) is 61.3. The Kier molecular flexibility index (Phi) is 11.1. The first-order valence-corrected chi connectivity index (χ1v) is 27.0. The number of ether oxygens (including phenoxy) is 1. The molecule has 0 saturated carbocycles. The van der Waals surface area contributed by atoms with Gasteiger partial charge in [0, 0.05) is 55.1 Å². The van der Waals surface area contributed by atoms with Crippen molar-refractivity contribution in [2.24, 2.45) is 5.92 Å². The van der Waals surface area contributed by atoms with Gasteiger partial charge in [-0.1, -0.05) is 219 Å². The first-order valence-electron chi connectivity index (χ1n) is 31.0. The van der Waals surface area contributed by atoms with E-state index in [2.05, 4.69) is 164 Å². The van der Waals surface area contributed by atoms with Crippen molar-refractivity contribution in [2.45, 2.75) is 79.1 Å². The molecule has 0 bridgehead atoms. The number of benzene rings is 9. The summed E-state index contributed by atoms with van der Waals surface area (Å²) in [4.78, 5) is 4.97. The van der Waals surface area contributed by atoms with Crippen molar-refractivity contribution in [1.82, 2.24) is 18.7 Å². The van der Waals surface area contributed by atoms with Gasteiger partial charge in [0.25, 0.3) is 6.33 Å². The zero-order valence-electron chi connectivity index (χ0n) is 54.1. The molecule has 9 aromatic carbocycles. The van der Waals surface area contributed by atoms with Crippen molar-refractivity contribution in [3.63, 3.8) is 0 Å². The quantitative estimate of drug-likeness (QED) is 0.101. The first kappa shape index (κ1) is 43.6. The molecule has 0 amide bonds. The summed E-state index contributed by atoms with van der Waals surface area (Å²) in [5.74, 6) is 1.60. The molecule has 0 spiro atoms. The SMILES string of the molecule is [2H]c1c([2H])c([2H])c2c(c1[2H])c1c([2H])c([2H])c([2H])c([2H])c1n2-c1cc(Oc2[c-]c(-n3[c-][n+](-c4c(-c5ccccc5)cccc4-c4cc(C(C)(C)C)cc(C(C)(C)C)c4)c4ccccc43)ccc2)[c-]c2c1c1ccccc1n2-c1cc(C(C)C(C)C)ccn1.[Pt]. The van der Waals surface area contributed by atoms with Gasteiger partial charge in [0.15, 0.2) is 0 Å². The molecule has 13 rings (SSSR count). The van der Waals surface area contributed by atoms with Crippen LogP contribution in [-0.4, -0.2) is 18.7 Å². The number of nitrogens with zero attached hydrogens (tertiary/aromatic N) is 5. The normalized spacial score (nSPS) is 13.9. The summed E-state index contributed by atoms with van der Waals surface area (Å²) in [5.41, 5.74) is 12.4. The molecule has 1 unspecified atom stereocenters.